The van der Waals surface area contributed by atoms with Gasteiger partial charge in [0.1, 0.15) is 5.65 Å². The van der Waals surface area contributed by atoms with Gasteiger partial charge in [0.25, 0.3) is 0 Å². The first kappa shape index (κ1) is 12.6. The zero-order chi connectivity index (χ0) is 13.5. The number of nitrogen functional groups attached to an aromatic ring is 1. The van der Waals surface area contributed by atoms with Gasteiger partial charge in [0, 0.05) is 20.3 Å². The van der Waals surface area contributed by atoms with Crippen molar-refractivity contribution in [3.63, 3.8) is 0 Å². The fourth-order valence-corrected chi connectivity index (χ4v) is 2.27. The third kappa shape index (κ3) is 2.36. The molecule has 3 N–H and O–H groups in total. The summed E-state index contributed by atoms with van der Waals surface area (Å²) in [6.07, 6.45) is 2.87. The topological polar surface area (TPSA) is 106 Å². The Hall–Kier alpha value is -1.87. The number of hydrogen-bond acceptors (Lipinski definition) is 6. The zero-order valence-corrected chi connectivity index (χ0v) is 11.1. The van der Waals surface area contributed by atoms with Crippen LogP contribution in [0.4, 0.5) is 11.8 Å². The lowest BCUT2D eigenvalue weighted by molar-refractivity contribution is 0.586. The van der Waals surface area contributed by atoms with Crippen LogP contribution in [-0.2, 0) is 17.1 Å². The maximum Gasteiger partial charge on any atom is 0.225 e. The highest BCUT2D eigenvalue weighted by molar-refractivity contribution is 7.88. The molecular weight excluding hydrogens is 256 g/mol. The average Bonchev–Trinajstić information content (AvgIpc) is 2.57. The first-order chi connectivity index (χ1) is 8.28. The minimum Gasteiger partial charge on any atom is -0.368 e. The zero-order valence-electron chi connectivity index (χ0n) is 10.2. The summed E-state index contributed by atoms with van der Waals surface area (Å²) < 4.78 is 24.2. The van der Waals surface area contributed by atoms with E-state index in [-0.39, 0.29) is 5.95 Å². The van der Waals surface area contributed by atoms with E-state index in [4.69, 9.17) is 5.73 Å². The van der Waals surface area contributed by atoms with Gasteiger partial charge in [-0.2, -0.15) is 9.97 Å². The summed E-state index contributed by atoms with van der Waals surface area (Å²) in [6.45, 7) is 0. The highest BCUT2D eigenvalue weighted by Crippen LogP contribution is 2.23. The lowest BCUT2D eigenvalue weighted by atomic mass is 10.4. The Labute approximate surface area is 104 Å². The molecule has 98 valence electrons. The number of aryl methyl sites for hydroxylation is 1. The molecule has 0 atom stereocenters. The molecule has 0 bridgehead atoms. The Bertz CT molecular complexity index is 692. The second kappa shape index (κ2) is 4.10. The van der Waals surface area contributed by atoms with E-state index in [1.807, 2.05) is 7.05 Å². The monoisotopic (exact) mass is 270 g/mol. The SMILES string of the molecule is CN(NS(C)(=O)=O)c1nc(N)nc2c1ccn2C. The molecular formula is C9H14N6O2S. The van der Waals surface area contributed by atoms with Gasteiger partial charge in [0.2, 0.25) is 16.0 Å². The largest absolute Gasteiger partial charge is 0.368 e. The van der Waals surface area contributed by atoms with Gasteiger partial charge in [0.15, 0.2) is 5.82 Å². The van der Waals surface area contributed by atoms with E-state index >= 15 is 0 Å². The Kier molecular flexibility index (Phi) is 2.87. The third-order valence-electron chi connectivity index (χ3n) is 2.34. The van der Waals surface area contributed by atoms with Gasteiger partial charge in [-0.3, -0.25) is 5.01 Å². The molecule has 0 saturated heterocycles. The smallest absolute Gasteiger partial charge is 0.225 e. The van der Waals surface area contributed by atoms with Crippen molar-refractivity contribution in [2.45, 2.75) is 0 Å². The summed E-state index contributed by atoms with van der Waals surface area (Å²) in [4.78, 5) is 10.5. The Morgan fingerprint density at radius 3 is 2.72 bits per heavy atom. The molecule has 0 aliphatic carbocycles. The van der Waals surface area contributed by atoms with Crippen LogP contribution >= 0.6 is 0 Å². The Morgan fingerprint density at radius 2 is 2.11 bits per heavy atom. The molecule has 0 aliphatic rings. The van der Waals surface area contributed by atoms with Crippen molar-refractivity contribution in [2.24, 2.45) is 7.05 Å². The van der Waals surface area contributed by atoms with Crippen LogP contribution in [0, 0.1) is 0 Å². The van der Waals surface area contributed by atoms with Gasteiger partial charge < -0.3 is 10.3 Å². The van der Waals surface area contributed by atoms with Gasteiger partial charge in [0.05, 0.1) is 11.6 Å². The summed E-state index contributed by atoms with van der Waals surface area (Å²) >= 11 is 0. The van der Waals surface area contributed by atoms with Crippen LogP contribution in [0.2, 0.25) is 0 Å². The van der Waals surface area contributed by atoms with Gasteiger partial charge in [-0.1, -0.05) is 0 Å². The molecule has 0 radical (unpaired) electrons. The standard InChI is InChI=1S/C9H14N6O2S/c1-14-5-4-6-7(14)11-9(10)12-8(6)15(2)13-18(3,16)17/h4-5,13H,1-3H3,(H2,10,11,12). The number of rotatable bonds is 3. The molecule has 2 heterocycles. The van der Waals surface area contributed by atoms with Crippen LogP contribution < -0.4 is 15.6 Å². The molecule has 2 aromatic heterocycles. The maximum absolute atomic E-state index is 11.2. The molecule has 0 spiro atoms. The maximum atomic E-state index is 11.2. The number of sulfonamides is 1. The second-order valence-electron chi connectivity index (χ2n) is 3.99. The van der Waals surface area contributed by atoms with Crippen molar-refractivity contribution in [1.29, 1.82) is 0 Å². The highest BCUT2D eigenvalue weighted by atomic mass is 32.2. The summed E-state index contributed by atoms with van der Waals surface area (Å²) in [5.74, 6) is 0.491. The lowest BCUT2D eigenvalue weighted by Gasteiger charge is -2.18. The van der Waals surface area contributed by atoms with Crippen LogP contribution in [0.25, 0.3) is 11.0 Å². The number of hydrazine groups is 1. The van der Waals surface area contributed by atoms with Crippen molar-refractivity contribution < 1.29 is 8.42 Å². The molecule has 0 fully saturated rings. The van der Waals surface area contributed by atoms with E-state index in [2.05, 4.69) is 14.8 Å². The molecule has 0 aromatic carbocycles. The van der Waals surface area contributed by atoms with Crippen LogP contribution in [0.3, 0.4) is 0 Å². The number of nitrogens with two attached hydrogens (primary N) is 1. The molecule has 0 saturated carbocycles. The number of aromatic nitrogens is 3. The van der Waals surface area contributed by atoms with Crippen LogP contribution in [0.5, 0.6) is 0 Å². The first-order valence-corrected chi connectivity index (χ1v) is 6.97. The van der Waals surface area contributed by atoms with Crippen molar-refractivity contribution in [1.82, 2.24) is 19.4 Å². The fourth-order valence-electron chi connectivity index (χ4n) is 1.68. The Balaban J connectivity index is 2.56. The van der Waals surface area contributed by atoms with Crippen molar-refractivity contribution in [2.75, 3.05) is 24.0 Å². The minimum absolute atomic E-state index is 0.0847. The van der Waals surface area contributed by atoms with Crippen LogP contribution in [0.1, 0.15) is 0 Å². The molecule has 0 unspecified atom stereocenters. The van der Waals surface area contributed by atoms with E-state index in [9.17, 15) is 8.42 Å². The Morgan fingerprint density at radius 1 is 1.44 bits per heavy atom. The lowest BCUT2D eigenvalue weighted by Crippen LogP contribution is -2.39. The van der Waals surface area contributed by atoms with Gasteiger partial charge in [-0.15, -0.1) is 4.83 Å². The number of hydrogen-bond donors (Lipinski definition) is 2. The molecule has 9 heteroatoms. The predicted molar refractivity (Wildman–Crippen MR) is 69.3 cm³/mol. The van der Waals surface area contributed by atoms with Crippen LogP contribution in [0.15, 0.2) is 12.3 Å². The summed E-state index contributed by atoms with van der Waals surface area (Å²) in [5, 5.41) is 2.01. The van der Waals surface area contributed by atoms with E-state index in [0.29, 0.717) is 16.9 Å². The summed E-state index contributed by atoms with van der Waals surface area (Å²) in [7, 11) is -0.00547. The van der Waals surface area contributed by atoms with Gasteiger partial charge in [-0.05, 0) is 6.07 Å². The van der Waals surface area contributed by atoms with Crippen molar-refractivity contribution >= 4 is 32.8 Å². The van der Waals surface area contributed by atoms with E-state index in [1.165, 1.54) is 5.01 Å². The van der Waals surface area contributed by atoms with Crippen LogP contribution in [-0.4, -0.2) is 36.3 Å². The minimum atomic E-state index is -3.38. The molecule has 18 heavy (non-hydrogen) atoms. The molecule has 2 rings (SSSR count). The van der Waals surface area contributed by atoms with Gasteiger partial charge in [-0.25, -0.2) is 8.42 Å². The fraction of sp³-hybridized carbons (Fsp3) is 0.333. The average molecular weight is 270 g/mol. The molecule has 2 aromatic rings. The number of nitrogens with zero attached hydrogens (tertiary/aromatic N) is 4. The van der Waals surface area contributed by atoms with E-state index in [1.54, 1.807) is 23.9 Å². The summed E-state index contributed by atoms with van der Waals surface area (Å²) in [6, 6.07) is 1.80. The van der Waals surface area contributed by atoms with Crippen molar-refractivity contribution in [3.05, 3.63) is 12.3 Å². The van der Waals surface area contributed by atoms with E-state index in [0.717, 1.165) is 6.26 Å². The molecule has 0 aliphatic heterocycles. The second-order valence-corrected chi connectivity index (χ2v) is 5.72. The predicted octanol–water partition coefficient (Wildman–Crippen LogP) is -0.549. The number of fused-ring (bicyclic) bond motifs is 1. The third-order valence-corrected chi connectivity index (χ3v) is 2.95. The first-order valence-electron chi connectivity index (χ1n) is 5.07. The quantitative estimate of drug-likeness (QED) is 0.725. The highest BCUT2D eigenvalue weighted by Gasteiger charge is 2.15. The van der Waals surface area contributed by atoms with Crippen molar-refractivity contribution in [3.8, 4) is 0 Å². The molecule has 0 amide bonds. The number of anilines is 2. The molecule has 8 nitrogen and oxygen atoms in total. The normalized spacial score (nSPS) is 11.9. The number of nitrogens with one attached hydrogen (secondary N) is 1. The van der Waals surface area contributed by atoms with Gasteiger partial charge >= 0.3 is 0 Å². The summed E-state index contributed by atoms with van der Waals surface area (Å²) in [5.41, 5.74) is 6.25. The van der Waals surface area contributed by atoms with E-state index < -0.39 is 10.0 Å².